The third-order valence-corrected chi connectivity index (χ3v) is 1.51. The van der Waals surface area contributed by atoms with Gasteiger partial charge in [0.25, 0.3) is 0 Å². The van der Waals surface area contributed by atoms with Gasteiger partial charge < -0.3 is 5.73 Å². The molecule has 0 aromatic heterocycles. The lowest BCUT2D eigenvalue weighted by Crippen LogP contribution is -1.92. The van der Waals surface area contributed by atoms with E-state index in [1.807, 2.05) is 30.4 Å². The monoisotopic (exact) mass is 158 g/mol. The number of benzene rings is 1. The van der Waals surface area contributed by atoms with E-state index in [2.05, 4.69) is 6.07 Å². The Balaban J connectivity index is 2.99. The molecular formula is C10H10N2. The van der Waals surface area contributed by atoms with Crippen LogP contribution in [0.4, 0.5) is 0 Å². The van der Waals surface area contributed by atoms with Crippen LogP contribution in [0.25, 0.3) is 6.08 Å². The molecular weight excluding hydrogens is 148 g/mol. The lowest BCUT2D eigenvalue weighted by Gasteiger charge is -1.94. The van der Waals surface area contributed by atoms with Crippen molar-refractivity contribution in [3.05, 3.63) is 41.5 Å². The molecule has 0 bridgehead atoms. The Morgan fingerprint density at radius 3 is 2.83 bits per heavy atom. The van der Waals surface area contributed by atoms with Crippen LogP contribution in [0.2, 0.25) is 0 Å². The fourth-order valence-corrected chi connectivity index (χ4v) is 0.939. The maximum Gasteiger partial charge on any atom is 0.0997 e. The van der Waals surface area contributed by atoms with Gasteiger partial charge in [-0.1, -0.05) is 30.4 Å². The smallest absolute Gasteiger partial charge is 0.0997 e. The van der Waals surface area contributed by atoms with E-state index >= 15 is 0 Å². The van der Waals surface area contributed by atoms with Gasteiger partial charge in [0.1, 0.15) is 0 Å². The lowest BCUT2D eigenvalue weighted by atomic mass is 10.1. The Kier molecular flexibility index (Phi) is 3.06. The standard InChI is InChI=1S/C10H10N2/c11-7-3-6-9-4-1-2-5-10(9)8-12/h1-6H,7,11H2. The first kappa shape index (κ1) is 8.51. The average Bonchev–Trinajstić information content (AvgIpc) is 2.15. The van der Waals surface area contributed by atoms with Gasteiger partial charge in [-0.25, -0.2) is 0 Å². The quantitative estimate of drug-likeness (QED) is 0.709. The van der Waals surface area contributed by atoms with Crippen molar-refractivity contribution < 1.29 is 0 Å². The van der Waals surface area contributed by atoms with Crippen LogP contribution in [0.1, 0.15) is 11.1 Å². The summed E-state index contributed by atoms with van der Waals surface area (Å²) in [5.41, 5.74) is 6.90. The molecule has 0 spiro atoms. The van der Waals surface area contributed by atoms with E-state index in [0.29, 0.717) is 12.1 Å². The zero-order chi connectivity index (χ0) is 8.81. The highest BCUT2D eigenvalue weighted by Crippen LogP contribution is 2.08. The zero-order valence-electron chi connectivity index (χ0n) is 6.70. The molecule has 60 valence electrons. The molecule has 2 nitrogen and oxygen atoms in total. The Morgan fingerprint density at radius 2 is 2.17 bits per heavy atom. The van der Waals surface area contributed by atoms with Crippen molar-refractivity contribution in [2.45, 2.75) is 0 Å². The average molecular weight is 158 g/mol. The summed E-state index contributed by atoms with van der Waals surface area (Å²) in [5, 5.41) is 8.70. The van der Waals surface area contributed by atoms with Crippen LogP contribution in [-0.2, 0) is 0 Å². The molecule has 0 heterocycles. The van der Waals surface area contributed by atoms with Crippen molar-refractivity contribution in [2.24, 2.45) is 5.73 Å². The normalized spacial score (nSPS) is 10.0. The zero-order valence-corrected chi connectivity index (χ0v) is 6.70. The number of nitriles is 1. The molecule has 0 aliphatic carbocycles. The van der Waals surface area contributed by atoms with E-state index in [4.69, 9.17) is 11.0 Å². The second-order valence-electron chi connectivity index (χ2n) is 2.34. The van der Waals surface area contributed by atoms with Gasteiger partial charge in [-0.2, -0.15) is 5.26 Å². The fraction of sp³-hybridized carbons (Fsp3) is 0.100. The van der Waals surface area contributed by atoms with Crippen molar-refractivity contribution in [3.63, 3.8) is 0 Å². The molecule has 0 radical (unpaired) electrons. The van der Waals surface area contributed by atoms with Crippen LogP contribution in [0.3, 0.4) is 0 Å². The highest BCUT2D eigenvalue weighted by atomic mass is 14.5. The summed E-state index contributed by atoms with van der Waals surface area (Å²) in [7, 11) is 0. The van der Waals surface area contributed by atoms with Crippen LogP contribution in [0.5, 0.6) is 0 Å². The van der Waals surface area contributed by atoms with Crippen LogP contribution in [0.15, 0.2) is 30.3 Å². The second kappa shape index (κ2) is 4.32. The van der Waals surface area contributed by atoms with E-state index in [9.17, 15) is 0 Å². The van der Waals surface area contributed by atoms with E-state index in [1.54, 1.807) is 6.07 Å². The fourth-order valence-electron chi connectivity index (χ4n) is 0.939. The summed E-state index contributed by atoms with van der Waals surface area (Å²) in [5.74, 6) is 0. The molecule has 0 unspecified atom stereocenters. The molecule has 12 heavy (non-hydrogen) atoms. The SMILES string of the molecule is N#Cc1ccccc1C=CCN. The number of hydrogen-bond donors (Lipinski definition) is 1. The molecule has 1 aromatic carbocycles. The van der Waals surface area contributed by atoms with Crippen molar-refractivity contribution in [3.8, 4) is 6.07 Å². The van der Waals surface area contributed by atoms with Crippen molar-refractivity contribution in [1.82, 2.24) is 0 Å². The summed E-state index contributed by atoms with van der Waals surface area (Å²) in [6.45, 7) is 0.500. The Hall–Kier alpha value is -1.59. The molecule has 0 aliphatic rings. The van der Waals surface area contributed by atoms with Gasteiger partial charge >= 0.3 is 0 Å². The van der Waals surface area contributed by atoms with E-state index in [0.717, 1.165) is 5.56 Å². The predicted octanol–water partition coefficient (Wildman–Crippen LogP) is 1.53. The molecule has 1 rings (SSSR count). The van der Waals surface area contributed by atoms with E-state index in [-0.39, 0.29) is 0 Å². The van der Waals surface area contributed by atoms with Gasteiger partial charge in [0.15, 0.2) is 0 Å². The summed E-state index contributed by atoms with van der Waals surface area (Å²) in [6, 6.07) is 9.54. The number of nitrogens with two attached hydrogens (primary N) is 1. The number of rotatable bonds is 2. The summed E-state index contributed by atoms with van der Waals surface area (Å²) in [6.07, 6.45) is 3.69. The van der Waals surface area contributed by atoms with E-state index < -0.39 is 0 Å². The molecule has 0 saturated carbocycles. The topological polar surface area (TPSA) is 49.8 Å². The van der Waals surface area contributed by atoms with Gasteiger partial charge in [0, 0.05) is 6.54 Å². The van der Waals surface area contributed by atoms with Crippen LogP contribution < -0.4 is 5.73 Å². The third kappa shape index (κ3) is 1.94. The maximum absolute atomic E-state index is 8.70. The third-order valence-electron chi connectivity index (χ3n) is 1.51. The van der Waals surface area contributed by atoms with Gasteiger partial charge in [0.05, 0.1) is 11.6 Å². The Morgan fingerprint density at radius 1 is 1.42 bits per heavy atom. The predicted molar refractivity (Wildman–Crippen MR) is 49.2 cm³/mol. The first-order chi connectivity index (χ1) is 5.88. The number of nitrogens with zero attached hydrogens (tertiary/aromatic N) is 1. The minimum absolute atomic E-state index is 0.500. The van der Waals surface area contributed by atoms with Crippen molar-refractivity contribution >= 4 is 6.08 Å². The second-order valence-corrected chi connectivity index (χ2v) is 2.34. The Bertz CT molecular complexity index is 321. The summed E-state index contributed by atoms with van der Waals surface area (Å²) >= 11 is 0. The molecule has 0 fully saturated rings. The van der Waals surface area contributed by atoms with Crippen LogP contribution in [-0.4, -0.2) is 6.54 Å². The van der Waals surface area contributed by atoms with Crippen LogP contribution >= 0.6 is 0 Å². The van der Waals surface area contributed by atoms with E-state index in [1.165, 1.54) is 0 Å². The van der Waals surface area contributed by atoms with Gasteiger partial charge in [-0.15, -0.1) is 0 Å². The molecule has 0 aliphatic heterocycles. The molecule has 1 aromatic rings. The minimum Gasteiger partial charge on any atom is -0.327 e. The van der Waals surface area contributed by atoms with Crippen molar-refractivity contribution in [1.29, 1.82) is 5.26 Å². The maximum atomic E-state index is 8.70. The number of hydrogen-bond acceptors (Lipinski definition) is 2. The first-order valence-corrected chi connectivity index (χ1v) is 3.74. The van der Waals surface area contributed by atoms with Crippen LogP contribution in [0, 0.1) is 11.3 Å². The first-order valence-electron chi connectivity index (χ1n) is 3.74. The molecule has 0 amide bonds. The van der Waals surface area contributed by atoms with Gasteiger partial charge in [-0.05, 0) is 11.6 Å². The Labute approximate surface area is 71.9 Å². The highest BCUT2D eigenvalue weighted by Gasteiger charge is 1.93. The highest BCUT2D eigenvalue weighted by molar-refractivity contribution is 5.57. The molecule has 0 atom stereocenters. The van der Waals surface area contributed by atoms with Crippen molar-refractivity contribution in [2.75, 3.05) is 6.54 Å². The minimum atomic E-state index is 0.500. The van der Waals surface area contributed by atoms with Gasteiger partial charge in [-0.3, -0.25) is 0 Å². The van der Waals surface area contributed by atoms with Gasteiger partial charge in [0.2, 0.25) is 0 Å². The lowest BCUT2D eigenvalue weighted by molar-refractivity contribution is 1.26. The largest absolute Gasteiger partial charge is 0.327 e. The molecule has 0 saturated heterocycles. The molecule has 2 heteroatoms. The summed E-state index contributed by atoms with van der Waals surface area (Å²) in [4.78, 5) is 0. The molecule has 2 N–H and O–H groups in total. The summed E-state index contributed by atoms with van der Waals surface area (Å²) < 4.78 is 0.